The van der Waals surface area contributed by atoms with Crippen molar-refractivity contribution in [2.45, 2.75) is 52.7 Å². The summed E-state index contributed by atoms with van der Waals surface area (Å²) < 4.78 is 10.0. The number of rotatable bonds is 5. The molecule has 6 heteroatoms. The van der Waals surface area contributed by atoms with Crippen molar-refractivity contribution in [1.82, 2.24) is 4.90 Å². The SMILES string of the molecule is Cc1oc(=O)oc1CN(C(C)C(=O)c1cccc(Cl)c1)C(C)(C)C. The minimum absolute atomic E-state index is 0.0454. The predicted molar refractivity (Wildman–Crippen MR) is 92.5 cm³/mol. The van der Waals surface area contributed by atoms with Crippen molar-refractivity contribution in [3.63, 3.8) is 0 Å². The number of hydrogen-bond donors (Lipinski definition) is 0. The average molecular weight is 352 g/mol. The van der Waals surface area contributed by atoms with Gasteiger partial charge in [0.05, 0.1) is 12.6 Å². The molecule has 1 heterocycles. The van der Waals surface area contributed by atoms with Gasteiger partial charge in [0.25, 0.3) is 0 Å². The number of benzene rings is 1. The molecule has 24 heavy (non-hydrogen) atoms. The summed E-state index contributed by atoms with van der Waals surface area (Å²) in [6, 6.07) is 6.46. The molecule has 0 saturated carbocycles. The Morgan fingerprint density at radius 3 is 2.46 bits per heavy atom. The highest BCUT2D eigenvalue weighted by Crippen LogP contribution is 2.24. The van der Waals surface area contributed by atoms with Crippen molar-refractivity contribution >= 4 is 17.4 Å². The molecule has 0 aliphatic heterocycles. The monoisotopic (exact) mass is 351 g/mol. The van der Waals surface area contributed by atoms with Crippen LogP contribution in [0, 0.1) is 6.92 Å². The highest BCUT2D eigenvalue weighted by atomic mass is 35.5. The van der Waals surface area contributed by atoms with Gasteiger partial charge >= 0.3 is 5.82 Å². The molecule has 1 atom stereocenters. The first kappa shape index (κ1) is 18.5. The molecule has 0 aliphatic rings. The average Bonchev–Trinajstić information content (AvgIpc) is 2.80. The van der Waals surface area contributed by atoms with E-state index in [1.807, 2.05) is 32.6 Å². The molecule has 5 nitrogen and oxygen atoms in total. The van der Waals surface area contributed by atoms with Crippen LogP contribution in [0.3, 0.4) is 0 Å². The summed E-state index contributed by atoms with van der Waals surface area (Å²) in [7, 11) is 0. The zero-order valence-corrected chi connectivity index (χ0v) is 15.3. The van der Waals surface area contributed by atoms with Crippen molar-refractivity contribution < 1.29 is 13.6 Å². The van der Waals surface area contributed by atoms with Gasteiger partial charge in [-0.3, -0.25) is 9.69 Å². The van der Waals surface area contributed by atoms with Crippen LogP contribution in [0.2, 0.25) is 5.02 Å². The molecule has 0 aliphatic carbocycles. The molecule has 2 rings (SSSR count). The van der Waals surface area contributed by atoms with Crippen LogP contribution in [0.15, 0.2) is 37.9 Å². The quantitative estimate of drug-likeness (QED) is 0.760. The zero-order chi connectivity index (χ0) is 18.1. The van der Waals surface area contributed by atoms with E-state index in [-0.39, 0.29) is 11.3 Å². The summed E-state index contributed by atoms with van der Waals surface area (Å²) >= 11 is 5.99. The number of hydrogen-bond acceptors (Lipinski definition) is 5. The minimum Gasteiger partial charge on any atom is -0.396 e. The van der Waals surface area contributed by atoms with Gasteiger partial charge < -0.3 is 8.83 Å². The summed E-state index contributed by atoms with van der Waals surface area (Å²) in [5, 5.41) is 0.520. The molecule has 1 aromatic heterocycles. The van der Waals surface area contributed by atoms with E-state index < -0.39 is 11.9 Å². The third kappa shape index (κ3) is 4.16. The second-order valence-electron chi connectivity index (χ2n) is 6.78. The highest BCUT2D eigenvalue weighted by Gasteiger charge is 2.32. The highest BCUT2D eigenvalue weighted by molar-refractivity contribution is 6.31. The second kappa shape index (κ2) is 6.95. The number of halogens is 1. The lowest BCUT2D eigenvalue weighted by Gasteiger charge is -2.39. The molecular formula is C18H22ClNO4. The molecule has 0 radical (unpaired) electrons. The lowest BCUT2D eigenvalue weighted by atomic mass is 9.97. The smallest absolute Gasteiger partial charge is 0.396 e. The summed E-state index contributed by atoms with van der Waals surface area (Å²) in [4.78, 5) is 26.1. The fraction of sp³-hybridized carbons (Fsp3) is 0.444. The van der Waals surface area contributed by atoms with Gasteiger partial charge in [0.2, 0.25) is 0 Å². The fourth-order valence-electron chi connectivity index (χ4n) is 2.65. The maximum atomic E-state index is 12.8. The zero-order valence-electron chi connectivity index (χ0n) is 14.6. The molecule has 0 spiro atoms. The third-order valence-electron chi connectivity index (χ3n) is 3.97. The predicted octanol–water partition coefficient (Wildman–Crippen LogP) is 4.07. The van der Waals surface area contributed by atoms with Crippen LogP contribution < -0.4 is 5.82 Å². The lowest BCUT2D eigenvalue weighted by molar-refractivity contribution is 0.0541. The van der Waals surface area contributed by atoms with Crippen molar-refractivity contribution in [1.29, 1.82) is 0 Å². The number of ketones is 1. The van der Waals surface area contributed by atoms with Crippen LogP contribution in [0.25, 0.3) is 0 Å². The summed E-state index contributed by atoms with van der Waals surface area (Å²) in [6.07, 6.45) is 0. The fourth-order valence-corrected chi connectivity index (χ4v) is 2.84. The number of aryl methyl sites for hydroxylation is 1. The van der Waals surface area contributed by atoms with Crippen LogP contribution in [0.4, 0.5) is 0 Å². The largest absolute Gasteiger partial charge is 0.519 e. The Hall–Kier alpha value is -1.85. The molecule has 1 aromatic carbocycles. The lowest BCUT2D eigenvalue weighted by Crippen LogP contribution is -2.49. The van der Waals surface area contributed by atoms with Gasteiger partial charge in [0, 0.05) is 16.1 Å². The minimum atomic E-state index is -0.731. The van der Waals surface area contributed by atoms with Crippen LogP contribution in [-0.4, -0.2) is 22.3 Å². The van der Waals surface area contributed by atoms with Crippen LogP contribution >= 0.6 is 11.6 Å². The summed E-state index contributed by atoms with van der Waals surface area (Å²) in [6.45, 7) is 9.81. The van der Waals surface area contributed by atoms with Crippen molar-refractivity contribution in [3.8, 4) is 0 Å². The van der Waals surface area contributed by atoms with E-state index in [1.54, 1.807) is 31.2 Å². The topological polar surface area (TPSA) is 63.7 Å². The van der Waals surface area contributed by atoms with Gasteiger partial charge in [-0.15, -0.1) is 0 Å². The van der Waals surface area contributed by atoms with Crippen LogP contribution in [0.5, 0.6) is 0 Å². The standard InChI is InChI=1S/C18H22ClNO4/c1-11(16(21)13-7-6-8-14(19)9-13)20(18(3,4)5)10-15-12(2)23-17(22)24-15/h6-9,11H,10H2,1-5H3. The van der Waals surface area contributed by atoms with Crippen molar-refractivity contribution in [2.24, 2.45) is 0 Å². The van der Waals surface area contributed by atoms with Gasteiger partial charge in [0.15, 0.2) is 11.5 Å². The molecular weight excluding hydrogens is 330 g/mol. The van der Waals surface area contributed by atoms with Gasteiger partial charge in [-0.05, 0) is 46.8 Å². The molecule has 0 N–H and O–H groups in total. The number of Topliss-reactive ketones (excluding diaryl/α,β-unsaturated/α-hetero) is 1. The Labute approximate surface area is 146 Å². The van der Waals surface area contributed by atoms with Crippen LogP contribution in [-0.2, 0) is 6.54 Å². The Morgan fingerprint density at radius 1 is 1.29 bits per heavy atom. The first-order chi connectivity index (χ1) is 11.1. The number of carbonyl (C=O) groups excluding carboxylic acids is 1. The van der Waals surface area contributed by atoms with Crippen molar-refractivity contribution in [2.75, 3.05) is 0 Å². The van der Waals surface area contributed by atoms with Gasteiger partial charge in [0.1, 0.15) is 5.76 Å². The molecule has 0 bridgehead atoms. The first-order valence-corrected chi connectivity index (χ1v) is 8.13. The van der Waals surface area contributed by atoms with Crippen LogP contribution in [0.1, 0.15) is 49.6 Å². The van der Waals surface area contributed by atoms with E-state index in [4.69, 9.17) is 20.4 Å². The number of nitrogens with zero attached hydrogens (tertiary/aromatic N) is 1. The van der Waals surface area contributed by atoms with E-state index in [0.29, 0.717) is 28.7 Å². The Bertz CT molecular complexity index is 785. The van der Waals surface area contributed by atoms with E-state index in [9.17, 15) is 9.59 Å². The summed E-state index contributed by atoms with van der Waals surface area (Å²) in [5.41, 5.74) is 0.227. The second-order valence-corrected chi connectivity index (χ2v) is 7.22. The Kier molecular flexibility index (Phi) is 5.35. The van der Waals surface area contributed by atoms with E-state index in [2.05, 4.69) is 0 Å². The van der Waals surface area contributed by atoms with Gasteiger partial charge in [-0.2, -0.15) is 0 Å². The van der Waals surface area contributed by atoms with E-state index in [0.717, 1.165) is 0 Å². The Morgan fingerprint density at radius 2 is 1.96 bits per heavy atom. The number of carbonyl (C=O) groups is 1. The van der Waals surface area contributed by atoms with E-state index >= 15 is 0 Å². The molecule has 0 saturated heterocycles. The van der Waals surface area contributed by atoms with Gasteiger partial charge in [-0.25, -0.2) is 4.79 Å². The molecule has 2 aromatic rings. The molecule has 0 fully saturated rings. The van der Waals surface area contributed by atoms with Gasteiger partial charge in [-0.1, -0.05) is 23.7 Å². The van der Waals surface area contributed by atoms with E-state index in [1.165, 1.54) is 0 Å². The third-order valence-corrected chi connectivity index (χ3v) is 4.20. The maximum Gasteiger partial charge on any atom is 0.519 e. The molecule has 130 valence electrons. The normalized spacial score (nSPS) is 13.3. The molecule has 0 amide bonds. The first-order valence-electron chi connectivity index (χ1n) is 7.75. The maximum absolute atomic E-state index is 12.8. The van der Waals surface area contributed by atoms with Crippen molar-refractivity contribution in [3.05, 3.63) is 57.0 Å². The Balaban J connectivity index is 2.32. The molecule has 1 unspecified atom stereocenters. The summed E-state index contributed by atoms with van der Waals surface area (Å²) in [5.74, 6) is 0.0819.